The summed E-state index contributed by atoms with van der Waals surface area (Å²) in [4.78, 5) is 28.3. The number of alkyl halides is 1. The summed E-state index contributed by atoms with van der Waals surface area (Å²) < 4.78 is 17.7. The Hall–Kier alpha value is -3.85. The second-order valence-corrected chi connectivity index (χ2v) is 8.92. The smallest absolute Gasteiger partial charge is 0.281 e. The van der Waals surface area contributed by atoms with Gasteiger partial charge in [-0.15, -0.1) is 0 Å². The molecule has 9 heteroatoms. The average molecular weight is 488 g/mol. The first-order chi connectivity index (χ1) is 17.6. The molecule has 36 heavy (non-hydrogen) atoms. The van der Waals surface area contributed by atoms with Gasteiger partial charge >= 0.3 is 0 Å². The van der Waals surface area contributed by atoms with Gasteiger partial charge in [-0.3, -0.25) is 14.2 Å². The fourth-order valence-corrected chi connectivity index (χ4v) is 4.71. The van der Waals surface area contributed by atoms with E-state index in [1.54, 1.807) is 18.3 Å². The van der Waals surface area contributed by atoms with Crippen molar-refractivity contribution in [3.05, 3.63) is 65.6 Å². The van der Waals surface area contributed by atoms with Crippen LogP contribution in [0.25, 0.3) is 17.5 Å². The van der Waals surface area contributed by atoms with Crippen molar-refractivity contribution >= 4 is 23.5 Å². The zero-order valence-corrected chi connectivity index (χ0v) is 20.2. The van der Waals surface area contributed by atoms with E-state index in [1.807, 2.05) is 12.1 Å². The van der Waals surface area contributed by atoms with Gasteiger partial charge in [0.05, 0.1) is 37.4 Å². The van der Waals surface area contributed by atoms with Crippen molar-refractivity contribution in [2.24, 2.45) is 0 Å². The van der Waals surface area contributed by atoms with E-state index < -0.39 is 0 Å². The van der Waals surface area contributed by atoms with Crippen LogP contribution in [0.2, 0.25) is 0 Å². The number of halogens is 1. The Morgan fingerprint density at radius 1 is 1.11 bits per heavy atom. The molecule has 1 saturated heterocycles. The number of fused-ring (bicyclic) bond motifs is 1. The van der Waals surface area contributed by atoms with Crippen molar-refractivity contribution < 1.29 is 13.9 Å². The minimum Gasteiger partial charge on any atom is -0.480 e. The first kappa shape index (κ1) is 23.9. The van der Waals surface area contributed by atoms with E-state index in [-0.39, 0.29) is 12.6 Å². The van der Waals surface area contributed by atoms with Gasteiger partial charge < -0.3 is 15.0 Å². The number of nitrogens with zero attached hydrogens (tertiary/aromatic N) is 5. The van der Waals surface area contributed by atoms with Gasteiger partial charge in [0.25, 0.3) is 5.91 Å². The number of hydrogen-bond acceptors (Lipinski definition) is 7. The second kappa shape index (κ2) is 10.8. The van der Waals surface area contributed by atoms with Crippen LogP contribution in [-0.4, -0.2) is 59.2 Å². The summed E-state index contributed by atoms with van der Waals surface area (Å²) in [6, 6.07) is 10.1. The zero-order chi connectivity index (χ0) is 24.9. The minimum absolute atomic E-state index is 0.252. The highest BCUT2D eigenvalue weighted by atomic mass is 19.1. The normalized spacial score (nSPS) is 15.9. The molecule has 0 saturated carbocycles. The Morgan fingerprint density at radius 3 is 2.67 bits per heavy atom. The lowest BCUT2D eigenvalue weighted by molar-refractivity contribution is 0.0965. The standard InChI is InChI=1S/C27H28FN6O2/c1-36-24-17-29-16-23(32-24)22-15-20-7-11-30-27(35)25(20)26(33-22)31-21-5-3-18(4-6-21)19-8-13-34(14-9-19)12-2-10-28/h3-7,11,15-17,19H,2,8-10,12-14H2,1H3,(H,31,33). The lowest BCUT2D eigenvalue weighted by Crippen LogP contribution is -2.33. The van der Waals surface area contributed by atoms with Crippen molar-refractivity contribution in [1.29, 1.82) is 0 Å². The van der Waals surface area contributed by atoms with Crippen molar-refractivity contribution in [3.63, 3.8) is 0 Å². The Morgan fingerprint density at radius 2 is 1.92 bits per heavy atom. The maximum atomic E-state index is 12.6. The number of pyridine rings is 1. The zero-order valence-electron chi connectivity index (χ0n) is 20.2. The van der Waals surface area contributed by atoms with Gasteiger partial charge in [0.1, 0.15) is 11.5 Å². The SMILES string of the molecule is COc1cncc(-c2cc3c(c(Nc4ccc(C5CCN(CCCF)CC5)cc4)n2)C(=O)[N]C=C3)n1. The lowest BCUT2D eigenvalue weighted by Gasteiger charge is -2.32. The molecule has 5 rings (SSSR count). The van der Waals surface area contributed by atoms with Crippen LogP contribution in [0.4, 0.5) is 15.9 Å². The fraction of sp³-hybridized carbons (Fsp3) is 0.333. The second-order valence-electron chi connectivity index (χ2n) is 8.92. The molecule has 0 atom stereocenters. The molecule has 8 nitrogen and oxygen atoms in total. The number of benzene rings is 1. The summed E-state index contributed by atoms with van der Waals surface area (Å²) in [5.41, 5.74) is 4.35. The number of piperidine rings is 1. The lowest BCUT2D eigenvalue weighted by atomic mass is 9.89. The molecule has 4 heterocycles. The number of nitrogens with one attached hydrogen (secondary N) is 1. The van der Waals surface area contributed by atoms with Gasteiger partial charge in [-0.2, -0.15) is 0 Å². The molecule has 2 aliphatic rings. The van der Waals surface area contributed by atoms with Crippen LogP contribution in [0.3, 0.4) is 0 Å². The highest BCUT2D eigenvalue weighted by molar-refractivity contribution is 6.05. The number of aromatic nitrogens is 3. The summed E-state index contributed by atoms with van der Waals surface area (Å²) in [6.07, 6.45) is 9.16. The third-order valence-electron chi connectivity index (χ3n) is 6.63. The molecule has 185 valence electrons. The van der Waals surface area contributed by atoms with E-state index in [0.717, 1.165) is 38.2 Å². The van der Waals surface area contributed by atoms with Crippen LogP contribution < -0.4 is 15.4 Å². The maximum absolute atomic E-state index is 12.6. The van der Waals surface area contributed by atoms with Crippen molar-refractivity contribution in [1.82, 2.24) is 25.2 Å². The number of amides is 1. The molecule has 3 aromatic rings. The Labute approximate surface area is 209 Å². The fourth-order valence-electron chi connectivity index (χ4n) is 4.71. The number of likely N-dealkylation sites (tertiary alicyclic amines) is 1. The van der Waals surface area contributed by atoms with Gasteiger partial charge in [-0.1, -0.05) is 12.1 Å². The molecule has 1 fully saturated rings. The number of ether oxygens (including phenoxy) is 1. The monoisotopic (exact) mass is 487 g/mol. The Bertz CT molecular complexity index is 1260. The molecular formula is C27H28FN6O2. The van der Waals surface area contributed by atoms with Crippen LogP contribution in [-0.2, 0) is 0 Å². The molecule has 1 radical (unpaired) electrons. The molecule has 1 amide bonds. The first-order valence-electron chi connectivity index (χ1n) is 12.1. The number of hydrogen-bond donors (Lipinski definition) is 1. The quantitative estimate of drug-likeness (QED) is 0.498. The summed E-state index contributed by atoms with van der Waals surface area (Å²) in [5.74, 6) is 0.945. The highest BCUT2D eigenvalue weighted by Crippen LogP contribution is 2.32. The molecule has 0 unspecified atom stereocenters. The molecule has 2 aliphatic heterocycles. The van der Waals surface area contributed by atoms with Crippen molar-refractivity contribution in [2.75, 3.05) is 38.7 Å². The molecule has 0 spiro atoms. The summed E-state index contributed by atoms with van der Waals surface area (Å²) >= 11 is 0. The first-order valence-corrected chi connectivity index (χ1v) is 12.1. The van der Waals surface area contributed by atoms with E-state index in [9.17, 15) is 9.18 Å². The van der Waals surface area contributed by atoms with Crippen LogP contribution in [0.1, 0.15) is 46.7 Å². The predicted molar refractivity (Wildman–Crippen MR) is 136 cm³/mol. The molecule has 2 aromatic heterocycles. The van der Waals surface area contributed by atoms with Crippen molar-refractivity contribution in [2.45, 2.75) is 25.2 Å². The van der Waals surface area contributed by atoms with Gasteiger partial charge in [0, 0.05) is 18.4 Å². The summed E-state index contributed by atoms with van der Waals surface area (Å²) in [7, 11) is 1.53. The number of methoxy groups -OCH3 is 1. The Balaban J connectivity index is 1.37. The van der Waals surface area contributed by atoms with Gasteiger partial charge in [-0.05, 0) is 73.7 Å². The Kier molecular flexibility index (Phi) is 7.18. The van der Waals surface area contributed by atoms with E-state index >= 15 is 0 Å². The molecule has 0 bridgehead atoms. The van der Waals surface area contributed by atoms with Crippen LogP contribution in [0, 0.1) is 0 Å². The number of rotatable bonds is 8. The third-order valence-corrected chi connectivity index (χ3v) is 6.63. The molecule has 1 N–H and O–H groups in total. The topological polar surface area (TPSA) is 94.3 Å². The van der Waals surface area contributed by atoms with E-state index in [0.29, 0.717) is 46.6 Å². The van der Waals surface area contributed by atoms with Gasteiger partial charge in [-0.25, -0.2) is 15.3 Å². The summed E-state index contributed by atoms with van der Waals surface area (Å²) in [5, 5.41) is 7.24. The predicted octanol–water partition coefficient (Wildman–Crippen LogP) is 4.56. The number of carbonyl (C=O) groups excluding carboxylic acids is 1. The van der Waals surface area contributed by atoms with Gasteiger partial charge in [0.2, 0.25) is 5.88 Å². The summed E-state index contributed by atoms with van der Waals surface area (Å²) in [6.45, 7) is 2.59. The highest BCUT2D eigenvalue weighted by Gasteiger charge is 2.23. The van der Waals surface area contributed by atoms with Crippen LogP contribution in [0.15, 0.2) is 48.9 Å². The minimum atomic E-state index is -0.345. The van der Waals surface area contributed by atoms with Gasteiger partial charge in [0.15, 0.2) is 0 Å². The molecular weight excluding hydrogens is 459 g/mol. The average Bonchev–Trinajstić information content (AvgIpc) is 2.92. The maximum Gasteiger partial charge on any atom is 0.281 e. The van der Waals surface area contributed by atoms with Crippen LogP contribution >= 0.6 is 0 Å². The van der Waals surface area contributed by atoms with E-state index in [1.165, 1.54) is 25.1 Å². The van der Waals surface area contributed by atoms with E-state index in [2.05, 4.69) is 37.6 Å². The van der Waals surface area contributed by atoms with Crippen molar-refractivity contribution in [3.8, 4) is 17.3 Å². The number of carbonyl (C=O) groups is 1. The van der Waals surface area contributed by atoms with E-state index in [4.69, 9.17) is 9.72 Å². The largest absolute Gasteiger partial charge is 0.480 e. The molecule has 1 aromatic carbocycles. The third kappa shape index (κ3) is 5.21. The van der Waals surface area contributed by atoms with Crippen LogP contribution in [0.5, 0.6) is 5.88 Å². The molecule has 0 aliphatic carbocycles. The number of anilines is 2.